The Bertz CT molecular complexity index is 1010. The Morgan fingerprint density at radius 2 is 2.04 bits per heavy atom. The number of ether oxygens (including phenoxy) is 1. The maximum absolute atomic E-state index is 12.9. The van der Waals surface area contributed by atoms with E-state index in [1.807, 2.05) is 29.7 Å². The molecule has 0 aliphatic carbocycles. The fourth-order valence-corrected chi connectivity index (χ4v) is 3.51. The Hall–Kier alpha value is -2.90. The normalized spacial score (nSPS) is 14.7. The minimum atomic E-state index is -0.0559. The van der Waals surface area contributed by atoms with Gasteiger partial charge in [-0.1, -0.05) is 6.07 Å². The summed E-state index contributed by atoms with van der Waals surface area (Å²) in [6.45, 7) is 4.56. The molecule has 1 fully saturated rings. The molecule has 27 heavy (non-hydrogen) atoms. The van der Waals surface area contributed by atoms with Crippen LogP contribution in [0.1, 0.15) is 21.6 Å². The maximum atomic E-state index is 12.9. The van der Waals surface area contributed by atoms with Crippen molar-refractivity contribution in [1.29, 1.82) is 0 Å². The summed E-state index contributed by atoms with van der Waals surface area (Å²) >= 11 is 0. The lowest BCUT2D eigenvalue weighted by Gasteiger charge is -2.26. The van der Waals surface area contributed by atoms with Gasteiger partial charge in [0.15, 0.2) is 0 Å². The van der Waals surface area contributed by atoms with Crippen LogP contribution in [0.25, 0.3) is 16.8 Å². The number of benzene rings is 1. The van der Waals surface area contributed by atoms with Crippen LogP contribution >= 0.6 is 0 Å². The first-order valence-electron chi connectivity index (χ1n) is 8.95. The molecule has 1 saturated heterocycles. The predicted octanol–water partition coefficient (Wildman–Crippen LogP) is 1.95. The molecule has 1 aliphatic rings. The number of morpholine rings is 1. The Labute approximate surface area is 157 Å². The molecule has 1 amide bonds. The first-order chi connectivity index (χ1) is 13.1. The quantitative estimate of drug-likeness (QED) is 0.739. The van der Waals surface area contributed by atoms with E-state index in [4.69, 9.17) is 10.5 Å². The molecule has 2 aromatic heterocycles. The summed E-state index contributed by atoms with van der Waals surface area (Å²) in [7, 11) is 0. The molecule has 3 aromatic rings. The van der Waals surface area contributed by atoms with Gasteiger partial charge in [0.1, 0.15) is 17.1 Å². The number of rotatable bonds is 3. The van der Waals surface area contributed by atoms with Crippen molar-refractivity contribution in [2.24, 2.45) is 5.73 Å². The number of pyridine rings is 1. The van der Waals surface area contributed by atoms with E-state index >= 15 is 0 Å². The number of fused-ring (bicyclic) bond motifs is 1. The molecule has 0 atom stereocenters. The number of nitrogens with zero attached hydrogens (tertiary/aromatic N) is 3. The van der Waals surface area contributed by atoms with Gasteiger partial charge in [0.2, 0.25) is 0 Å². The molecular formula is C20H22N4O3. The highest BCUT2D eigenvalue weighted by molar-refractivity contribution is 5.93. The number of phenolic OH excluding ortho intramolecular Hbond substituents is 1. The predicted molar refractivity (Wildman–Crippen MR) is 102 cm³/mol. The van der Waals surface area contributed by atoms with Crippen molar-refractivity contribution in [3.05, 3.63) is 53.5 Å². The van der Waals surface area contributed by atoms with Gasteiger partial charge in [0, 0.05) is 31.4 Å². The van der Waals surface area contributed by atoms with Crippen molar-refractivity contribution >= 4 is 11.6 Å². The summed E-state index contributed by atoms with van der Waals surface area (Å²) in [4.78, 5) is 19.1. The number of carbonyl (C=O) groups excluding carboxylic acids is 1. The second kappa shape index (κ2) is 7.02. The smallest absolute Gasteiger partial charge is 0.272 e. The number of imidazole rings is 1. The third kappa shape index (κ3) is 3.15. The molecular weight excluding hydrogens is 344 g/mol. The minimum absolute atomic E-state index is 0.0559. The van der Waals surface area contributed by atoms with Crippen molar-refractivity contribution in [1.82, 2.24) is 14.3 Å². The van der Waals surface area contributed by atoms with Gasteiger partial charge in [0.05, 0.1) is 19.4 Å². The van der Waals surface area contributed by atoms with Gasteiger partial charge in [-0.25, -0.2) is 4.98 Å². The van der Waals surface area contributed by atoms with Crippen molar-refractivity contribution in [3.8, 4) is 16.9 Å². The van der Waals surface area contributed by atoms with Crippen LogP contribution in [0.5, 0.6) is 5.75 Å². The second-order valence-corrected chi connectivity index (χ2v) is 6.69. The van der Waals surface area contributed by atoms with E-state index in [1.165, 1.54) is 0 Å². The molecule has 0 spiro atoms. The average Bonchev–Trinajstić information content (AvgIpc) is 3.10. The molecule has 0 radical (unpaired) electrons. The van der Waals surface area contributed by atoms with E-state index in [-0.39, 0.29) is 11.7 Å². The minimum Gasteiger partial charge on any atom is -0.508 e. The number of carbonyl (C=O) groups is 1. The maximum Gasteiger partial charge on any atom is 0.272 e. The third-order valence-electron chi connectivity index (χ3n) is 4.97. The fraction of sp³-hybridized carbons (Fsp3) is 0.300. The average molecular weight is 366 g/mol. The number of phenols is 1. The van der Waals surface area contributed by atoms with Crippen molar-refractivity contribution in [2.75, 3.05) is 26.3 Å². The van der Waals surface area contributed by atoms with Gasteiger partial charge < -0.3 is 20.5 Å². The first-order valence-corrected chi connectivity index (χ1v) is 8.95. The first kappa shape index (κ1) is 17.5. The molecule has 1 aliphatic heterocycles. The molecule has 7 nitrogen and oxygen atoms in total. The zero-order valence-electron chi connectivity index (χ0n) is 15.2. The van der Waals surface area contributed by atoms with E-state index in [9.17, 15) is 9.90 Å². The summed E-state index contributed by atoms with van der Waals surface area (Å²) in [5, 5.41) is 9.71. The zero-order valence-corrected chi connectivity index (χ0v) is 15.2. The van der Waals surface area contributed by atoms with Gasteiger partial charge in [-0.3, -0.25) is 9.20 Å². The topological polar surface area (TPSA) is 93.1 Å². The number of nitrogens with two attached hydrogens (primary N) is 1. The van der Waals surface area contributed by atoms with E-state index in [2.05, 4.69) is 4.98 Å². The second-order valence-electron chi connectivity index (χ2n) is 6.69. The van der Waals surface area contributed by atoms with Crippen molar-refractivity contribution in [3.63, 3.8) is 0 Å². The van der Waals surface area contributed by atoms with Crippen LogP contribution in [0.2, 0.25) is 0 Å². The highest BCUT2D eigenvalue weighted by atomic mass is 16.5. The standard InChI is InChI=1S/C20H22N4O3/c1-13-8-15(25)2-3-16(13)17-12-24-18(11-22-19(24)9-14(17)10-21)20(26)23-4-6-27-7-5-23/h2-3,8-9,11-12,25H,4-7,10,21H2,1H3. The Morgan fingerprint density at radius 3 is 2.74 bits per heavy atom. The van der Waals surface area contributed by atoms with Crippen LogP contribution in [0.15, 0.2) is 36.7 Å². The van der Waals surface area contributed by atoms with E-state index in [0.717, 1.165) is 22.3 Å². The highest BCUT2D eigenvalue weighted by Crippen LogP contribution is 2.30. The summed E-state index contributed by atoms with van der Waals surface area (Å²) in [5.74, 6) is 0.164. The lowest BCUT2D eigenvalue weighted by Crippen LogP contribution is -2.41. The molecule has 0 bridgehead atoms. The molecule has 140 valence electrons. The summed E-state index contributed by atoms with van der Waals surface area (Å²) in [5.41, 5.74) is 10.9. The fourth-order valence-electron chi connectivity index (χ4n) is 3.51. The monoisotopic (exact) mass is 366 g/mol. The summed E-state index contributed by atoms with van der Waals surface area (Å²) in [6, 6.07) is 7.15. The van der Waals surface area contributed by atoms with E-state index in [1.54, 1.807) is 23.2 Å². The number of aryl methyl sites for hydroxylation is 1. The molecule has 3 heterocycles. The van der Waals surface area contributed by atoms with E-state index in [0.29, 0.717) is 44.2 Å². The van der Waals surface area contributed by atoms with Crippen LogP contribution < -0.4 is 5.73 Å². The lowest BCUT2D eigenvalue weighted by atomic mass is 9.97. The SMILES string of the molecule is Cc1cc(O)ccc1-c1cn2c(C(=O)N3CCOCC3)cnc2cc1CN. The van der Waals surface area contributed by atoms with Crippen molar-refractivity contribution < 1.29 is 14.6 Å². The molecule has 0 saturated carbocycles. The largest absolute Gasteiger partial charge is 0.508 e. The molecule has 0 unspecified atom stereocenters. The number of hydrogen-bond donors (Lipinski definition) is 2. The molecule has 7 heteroatoms. The van der Waals surface area contributed by atoms with Gasteiger partial charge in [-0.15, -0.1) is 0 Å². The number of aromatic hydroxyl groups is 1. The van der Waals surface area contributed by atoms with Gasteiger partial charge in [-0.05, 0) is 41.8 Å². The molecule has 4 rings (SSSR count). The Morgan fingerprint density at radius 1 is 1.26 bits per heavy atom. The zero-order chi connectivity index (χ0) is 19.0. The Kier molecular flexibility index (Phi) is 4.55. The summed E-state index contributed by atoms with van der Waals surface area (Å²) < 4.78 is 7.15. The van der Waals surface area contributed by atoms with Gasteiger partial charge in [0.25, 0.3) is 5.91 Å². The molecule has 1 aromatic carbocycles. The highest BCUT2D eigenvalue weighted by Gasteiger charge is 2.22. The van der Waals surface area contributed by atoms with Gasteiger partial charge in [-0.2, -0.15) is 0 Å². The number of hydrogen-bond acceptors (Lipinski definition) is 5. The number of amides is 1. The third-order valence-corrected chi connectivity index (χ3v) is 4.97. The number of aromatic nitrogens is 2. The van der Waals surface area contributed by atoms with Crippen LogP contribution in [0.3, 0.4) is 0 Å². The Balaban J connectivity index is 1.83. The van der Waals surface area contributed by atoms with Crippen molar-refractivity contribution in [2.45, 2.75) is 13.5 Å². The van der Waals surface area contributed by atoms with Crippen LogP contribution in [-0.2, 0) is 11.3 Å². The molecule has 3 N–H and O–H groups in total. The van der Waals surface area contributed by atoms with Crippen LogP contribution in [0, 0.1) is 6.92 Å². The van der Waals surface area contributed by atoms with Crippen LogP contribution in [0.4, 0.5) is 0 Å². The summed E-state index contributed by atoms with van der Waals surface area (Å²) in [6.07, 6.45) is 3.53. The lowest BCUT2D eigenvalue weighted by molar-refractivity contribution is 0.0298. The van der Waals surface area contributed by atoms with E-state index < -0.39 is 0 Å². The van der Waals surface area contributed by atoms with Gasteiger partial charge >= 0.3 is 0 Å². The van der Waals surface area contributed by atoms with Crippen LogP contribution in [-0.4, -0.2) is 51.6 Å².